The highest BCUT2D eigenvalue weighted by Gasteiger charge is 1.94. The molecule has 1 aromatic rings. The van der Waals surface area contributed by atoms with E-state index in [0.717, 1.165) is 5.57 Å². The molecule has 0 saturated heterocycles. The number of rotatable bonds is 4. The second-order valence-electron chi connectivity index (χ2n) is 3.27. The minimum absolute atomic E-state index is 1.14. The molecule has 0 amide bonds. The molecule has 13 heavy (non-hydrogen) atoms. The van der Waals surface area contributed by atoms with Gasteiger partial charge in [0.15, 0.2) is 0 Å². The third-order valence-electron chi connectivity index (χ3n) is 2.05. The van der Waals surface area contributed by atoms with Crippen LogP contribution in [-0.2, 0) is 6.42 Å². The zero-order valence-corrected chi connectivity index (χ0v) is 10.2. The maximum Gasteiger partial charge on any atom is -0.000156 e. The van der Waals surface area contributed by atoms with Crippen LogP contribution in [0.3, 0.4) is 0 Å². The third-order valence-corrected chi connectivity index (χ3v) is 2.81. The maximum atomic E-state index is 3.92. The van der Waals surface area contributed by atoms with Crippen molar-refractivity contribution in [1.82, 2.24) is 0 Å². The van der Waals surface area contributed by atoms with Crippen molar-refractivity contribution < 1.29 is 0 Å². The Bertz CT molecular complexity index is 272. The van der Waals surface area contributed by atoms with E-state index in [9.17, 15) is 0 Å². The summed E-state index contributed by atoms with van der Waals surface area (Å²) in [4.78, 5) is 0. The van der Waals surface area contributed by atoms with Crippen molar-refractivity contribution in [2.75, 3.05) is 4.43 Å². The summed E-state index contributed by atoms with van der Waals surface area (Å²) in [7, 11) is 0. The lowest BCUT2D eigenvalue weighted by Gasteiger charge is -2.02. The van der Waals surface area contributed by atoms with Crippen LogP contribution >= 0.6 is 22.6 Å². The van der Waals surface area contributed by atoms with Crippen LogP contribution in [0.1, 0.15) is 24.5 Å². The van der Waals surface area contributed by atoms with Crippen LogP contribution in [0.4, 0.5) is 0 Å². The zero-order chi connectivity index (χ0) is 9.68. The molecule has 0 aliphatic heterocycles. The van der Waals surface area contributed by atoms with Crippen molar-refractivity contribution in [3.05, 3.63) is 42.0 Å². The van der Waals surface area contributed by atoms with Crippen molar-refractivity contribution in [2.45, 2.75) is 19.8 Å². The summed E-state index contributed by atoms with van der Waals surface area (Å²) >= 11 is 2.42. The summed E-state index contributed by atoms with van der Waals surface area (Å²) in [6.45, 7) is 5.96. The van der Waals surface area contributed by atoms with E-state index in [1.165, 1.54) is 28.4 Å². The molecule has 0 bridgehead atoms. The van der Waals surface area contributed by atoms with Gasteiger partial charge in [0.05, 0.1) is 0 Å². The van der Waals surface area contributed by atoms with Crippen molar-refractivity contribution in [3.8, 4) is 0 Å². The number of benzene rings is 1. The molecule has 1 aromatic carbocycles. The van der Waals surface area contributed by atoms with Crippen molar-refractivity contribution >= 4 is 28.2 Å². The minimum Gasteiger partial charge on any atom is -0.0955 e. The third kappa shape index (κ3) is 3.51. The molecule has 0 radical (unpaired) electrons. The molecule has 1 rings (SSSR count). The van der Waals surface area contributed by atoms with Gasteiger partial charge < -0.3 is 0 Å². The molecule has 1 heteroatoms. The maximum absolute atomic E-state index is 3.92. The van der Waals surface area contributed by atoms with E-state index in [0.29, 0.717) is 0 Å². The topological polar surface area (TPSA) is 0 Å². The summed E-state index contributed by atoms with van der Waals surface area (Å²) in [5.41, 5.74) is 3.82. The van der Waals surface area contributed by atoms with Gasteiger partial charge in [-0.1, -0.05) is 59.0 Å². The molecule has 0 atom stereocenters. The zero-order valence-electron chi connectivity index (χ0n) is 8.02. The Balaban J connectivity index is 2.64. The first-order valence-corrected chi connectivity index (χ1v) is 6.07. The van der Waals surface area contributed by atoms with Crippen molar-refractivity contribution in [2.24, 2.45) is 0 Å². The average Bonchev–Trinajstić information content (AvgIpc) is 2.15. The molecule has 0 N–H and O–H groups in total. The largest absolute Gasteiger partial charge is 0.0955 e. The SMILES string of the molecule is C=C(C)c1ccc(CCCI)cc1. The highest BCUT2D eigenvalue weighted by molar-refractivity contribution is 14.1. The lowest BCUT2D eigenvalue weighted by molar-refractivity contribution is 0.945. The summed E-state index contributed by atoms with van der Waals surface area (Å²) < 4.78 is 1.24. The van der Waals surface area contributed by atoms with Crippen LogP contribution in [-0.4, -0.2) is 4.43 Å². The van der Waals surface area contributed by atoms with E-state index in [2.05, 4.69) is 53.4 Å². The summed E-state index contributed by atoms with van der Waals surface area (Å²) in [6.07, 6.45) is 2.46. The molecule has 0 nitrogen and oxygen atoms in total. The van der Waals surface area contributed by atoms with Gasteiger partial charge in [0, 0.05) is 0 Å². The second-order valence-corrected chi connectivity index (χ2v) is 4.35. The Kier molecular flexibility index (Phi) is 4.50. The predicted molar refractivity (Wildman–Crippen MR) is 68.4 cm³/mol. The van der Waals surface area contributed by atoms with E-state index in [-0.39, 0.29) is 0 Å². The van der Waals surface area contributed by atoms with Crippen LogP contribution in [0.2, 0.25) is 0 Å². The van der Waals surface area contributed by atoms with Gasteiger partial charge in [-0.05, 0) is 35.3 Å². The average molecular weight is 286 g/mol. The van der Waals surface area contributed by atoms with Gasteiger partial charge in [-0.25, -0.2) is 0 Å². The second kappa shape index (κ2) is 5.43. The molecular weight excluding hydrogens is 271 g/mol. The van der Waals surface area contributed by atoms with E-state index < -0.39 is 0 Å². The monoisotopic (exact) mass is 286 g/mol. The molecular formula is C12H15I. The van der Waals surface area contributed by atoms with Crippen LogP contribution in [0.15, 0.2) is 30.8 Å². The van der Waals surface area contributed by atoms with Crippen molar-refractivity contribution in [1.29, 1.82) is 0 Å². The highest BCUT2D eigenvalue weighted by Crippen LogP contribution is 2.13. The molecule has 0 saturated carbocycles. The number of halogens is 1. The predicted octanol–water partition coefficient (Wildman–Crippen LogP) is 4.09. The first-order valence-electron chi connectivity index (χ1n) is 4.55. The first kappa shape index (κ1) is 10.8. The number of allylic oxidation sites excluding steroid dienone is 1. The van der Waals surface area contributed by atoms with Crippen LogP contribution in [0.5, 0.6) is 0 Å². The number of alkyl halides is 1. The van der Waals surface area contributed by atoms with Gasteiger partial charge in [0.25, 0.3) is 0 Å². The Hall–Kier alpha value is -0.310. The molecule has 0 aliphatic carbocycles. The Morgan fingerprint density at radius 2 is 1.92 bits per heavy atom. The summed E-state index contributed by atoms with van der Waals surface area (Å²) in [6, 6.07) is 8.72. The molecule has 70 valence electrons. The van der Waals surface area contributed by atoms with E-state index in [4.69, 9.17) is 0 Å². The van der Waals surface area contributed by atoms with Gasteiger partial charge in [0.1, 0.15) is 0 Å². The number of hydrogen-bond acceptors (Lipinski definition) is 0. The fraction of sp³-hybridized carbons (Fsp3) is 0.333. The van der Waals surface area contributed by atoms with Gasteiger partial charge >= 0.3 is 0 Å². The van der Waals surface area contributed by atoms with E-state index in [1.54, 1.807) is 0 Å². The lowest BCUT2D eigenvalue weighted by atomic mass is 10.0. The van der Waals surface area contributed by atoms with Crippen LogP contribution < -0.4 is 0 Å². The summed E-state index contributed by atoms with van der Waals surface area (Å²) in [5.74, 6) is 0. The summed E-state index contributed by atoms with van der Waals surface area (Å²) in [5, 5.41) is 0. The van der Waals surface area contributed by atoms with Crippen molar-refractivity contribution in [3.63, 3.8) is 0 Å². The molecule has 0 unspecified atom stereocenters. The Labute approximate surface area is 94.2 Å². The fourth-order valence-electron chi connectivity index (χ4n) is 1.23. The van der Waals surface area contributed by atoms with Gasteiger partial charge in [-0.15, -0.1) is 0 Å². The number of aryl methyl sites for hydroxylation is 1. The first-order chi connectivity index (χ1) is 6.24. The number of hydrogen-bond donors (Lipinski definition) is 0. The normalized spacial score (nSPS) is 10.0. The van der Waals surface area contributed by atoms with E-state index in [1.807, 2.05) is 6.92 Å². The minimum atomic E-state index is 1.14. The lowest BCUT2D eigenvalue weighted by Crippen LogP contribution is -1.86. The molecule has 0 fully saturated rings. The van der Waals surface area contributed by atoms with Crippen LogP contribution in [0.25, 0.3) is 5.57 Å². The van der Waals surface area contributed by atoms with Gasteiger partial charge in [-0.3, -0.25) is 0 Å². The quantitative estimate of drug-likeness (QED) is 0.577. The molecule has 0 aromatic heterocycles. The highest BCUT2D eigenvalue weighted by atomic mass is 127. The molecule has 0 aliphatic rings. The molecule has 0 spiro atoms. The standard InChI is InChI=1S/C12H15I/c1-10(2)12-7-5-11(6-8-12)4-3-9-13/h5-8H,1,3-4,9H2,2H3. The van der Waals surface area contributed by atoms with Gasteiger partial charge in [-0.2, -0.15) is 0 Å². The van der Waals surface area contributed by atoms with E-state index >= 15 is 0 Å². The Morgan fingerprint density at radius 3 is 2.38 bits per heavy atom. The van der Waals surface area contributed by atoms with Crippen LogP contribution in [0, 0.1) is 0 Å². The fourth-order valence-corrected chi connectivity index (χ4v) is 1.61. The molecule has 0 heterocycles. The van der Waals surface area contributed by atoms with Gasteiger partial charge in [0.2, 0.25) is 0 Å². The smallest absolute Gasteiger partial charge is 0.000156 e. The Morgan fingerprint density at radius 1 is 1.31 bits per heavy atom.